The Bertz CT molecular complexity index is 264. The van der Waals surface area contributed by atoms with Gasteiger partial charge >= 0.3 is 5.97 Å². The molecule has 0 saturated carbocycles. The van der Waals surface area contributed by atoms with E-state index >= 15 is 0 Å². The van der Waals surface area contributed by atoms with Crippen LogP contribution >= 0.6 is 0 Å². The molecule has 4 nitrogen and oxygen atoms in total. The summed E-state index contributed by atoms with van der Waals surface area (Å²) < 4.78 is 0. The zero-order chi connectivity index (χ0) is 14.1. The van der Waals surface area contributed by atoms with Gasteiger partial charge in [0, 0.05) is 20.0 Å². The van der Waals surface area contributed by atoms with Crippen molar-refractivity contribution in [3.63, 3.8) is 0 Å². The van der Waals surface area contributed by atoms with Gasteiger partial charge in [-0.15, -0.1) is 0 Å². The van der Waals surface area contributed by atoms with E-state index in [1.165, 1.54) is 0 Å². The highest BCUT2D eigenvalue weighted by atomic mass is 16.4. The molecule has 0 fully saturated rings. The lowest BCUT2D eigenvalue weighted by Crippen LogP contribution is -2.27. The summed E-state index contributed by atoms with van der Waals surface area (Å²) in [5.41, 5.74) is 0. The lowest BCUT2D eigenvalue weighted by atomic mass is 10.0. The third kappa shape index (κ3) is 8.09. The van der Waals surface area contributed by atoms with Crippen LogP contribution in [0, 0.1) is 11.8 Å². The Kier molecular flexibility index (Phi) is 8.42. The molecule has 1 amide bonds. The molecule has 18 heavy (non-hydrogen) atoms. The molecule has 0 aromatic carbocycles. The van der Waals surface area contributed by atoms with Crippen LogP contribution in [-0.2, 0) is 9.59 Å². The summed E-state index contributed by atoms with van der Waals surface area (Å²) in [7, 11) is 1.82. The number of amides is 1. The fraction of sp³-hybridized carbons (Fsp3) is 0.857. The largest absolute Gasteiger partial charge is 0.481 e. The van der Waals surface area contributed by atoms with E-state index in [0.717, 1.165) is 19.4 Å². The van der Waals surface area contributed by atoms with Gasteiger partial charge in [0.1, 0.15) is 0 Å². The second-order valence-corrected chi connectivity index (χ2v) is 5.48. The van der Waals surface area contributed by atoms with Gasteiger partial charge in [0.15, 0.2) is 0 Å². The zero-order valence-corrected chi connectivity index (χ0v) is 12.1. The first kappa shape index (κ1) is 16.9. The number of hydrogen-bond acceptors (Lipinski definition) is 2. The smallest absolute Gasteiger partial charge is 0.306 e. The van der Waals surface area contributed by atoms with Crippen molar-refractivity contribution in [2.45, 2.75) is 52.9 Å². The molecule has 4 heteroatoms. The number of rotatable bonds is 9. The minimum Gasteiger partial charge on any atom is -0.481 e. The second-order valence-electron chi connectivity index (χ2n) is 5.48. The number of aliphatic carboxylic acids is 1. The predicted molar refractivity (Wildman–Crippen MR) is 72.4 cm³/mol. The average Bonchev–Trinajstić information content (AvgIpc) is 2.27. The van der Waals surface area contributed by atoms with E-state index in [9.17, 15) is 9.59 Å². The highest BCUT2D eigenvalue weighted by Crippen LogP contribution is 2.10. The number of nitrogens with zero attached hydrogens (tertiary/aromatic N) is 1. The Balaban J connectivity index is 3.71. The predicted octanol–water partition coefficient (Wildman–Crippen LogP) is 2.77. The molecule has 0 rings (SSSR count). The van der Waals surface area contributed by atoms with Gasteiger partial charge in [-0.05, 0) is 31.6 Å². The van der Waals surface area contributed by atoms with Gasteiger partial charge in [0.2, 0.25) is 5.91 Å². The van der Waals surface area contributed by atoms with Crippen molar-refractivity contribution < 1.29 is 14.7 Å². The summed E-state index contributed by atoms with van der Waals surface area (Å²) in [5.74, 6) is -0.349. The highest BCUT2D eigenvalue weighted by molar-refractivity contribution is 5.76. The molecule has 0 radical (unpaired) electrons. The molecule has 0 spiro atoms. The quantitative estimate of drug-likeness (QED) is 0.691. The SMILES string of the molecule is CC(C)CCCN(C)C(=O)CCCC(C)C(=O)O. The van der Waals surface area contributed by atoms with Crippen LogP contribution < -0.4 is 0 Å². The molecule has 0 aromatic heterocycles. The van der Waals surface area contributed by atoms with Crippen LogP contribution in [0.4, 0.5) is 0 Å². The average molecular weight is 257 g/mol. The standard InChI is InChI=1S/C14H27NO3/c1-11(2)7-6-10-15(4)13(16)9-5-8-12(3)14(17)18/h11-12H,5-10H2,1-4H3,(H,17,18). The van der Waals surface area contributed by atoms with E-state index in [1.807, 2.05) is 7.05 Å². The molecule has 0 heterocycles. The molecule has 0 aromatic rings. The summed E-state index contributed by atoms with van der Waals surface area (Å²) in [6.45, 7) is 6.83. The first-order chi connectivity index (χ1) is 8.34. The van der Waals surface area contributed by atoms with Crippen molar-refractivity contribution in [1.82, 2.24) is 4.90 Å². The fourth-order valence-corrected chi connectivity index (χ4v) is 1.74. The van der Waals surface area contributed by atoms with E-state index in [1.54, 1.807) is 11.8 Å². The Labute approximate surface area is 110 Å². The molecule has 1 N–H and O–H groups in total. The molecule has 106 valence electrons. The van der Waals surface area contributed by atoms with Crippen molar-refractivity contribution in [3.05, 3.63) is 0 Å². The Morgan fingerprint density at radius 1 is 1.11 bits per heavy atom. The number of carboxylic acid groups (broad SMARTS) is 1. The van der Waals surface area contributed by atoms with Crippen LogP contribution in [0.1, 0.15) is 52.9 Å². The fourth-order valence-electron chi connectivity index (χ4n) is 1.74. The molecule has 0 aliphatic carbocycles. The summed E-state index contributed by atoms with van der Waals surface area (Å²) in [4.78, 5) is 24.1. The minimum absolute atomic E-state index is 0.122. The van der Waals surface area contributed by atoms with Gasteiger partial charge in [0.05, 0.1) is 5.92 Å². The topological polar surface area (TPSA) is 57.6 Å². The maximum atomic E-state index is 11.7. The van der Waals surface area contributed by atoms with Gasteiger partial charge < -0.3 is 10.0 Å². The monoisotopic (exact) mass is 257 g/mol. The summed E-state index contributed by atoms with van der Waals surface area (Å²) in [5, 5.41) is 8.73. The van der Waals surface area contributed by atoms with Gasteiger partial charge in [-0.3, -0.25) is 9.59 Å². The van der Waals surface area contributed by atoms with Crippen molar-refractivity contribution in [3.8, 4) is 0 Å². The lowest BCUT2D eigenvalue weighted by molar-refractivity contribution is -0.141. The van der Waals surface area contributed by atoms with Crippen molar-refractivity contribution in [1.29, 1.82) is 0 Å². The molecule has 0 saturated heterocycles. The van der Waals surface area contributed by atoms with E-state index in [0.29, 0.717) is 25.2 Å². The first-order valence-corrected chi connectivity index (χ1v) is 6.81. The maximum Gasteiger partial charge on any atom is 0.306 e. The van der Waals surface area contributed by atoms with Crippen LogP contribution in [0.25, 0.3) is 0 Å². The Hall–Kier alpha value is -1.06. The minimum atomic E-state index is -0.785. The van der Waals surface area contributed by atoms with Crippen molar-refractivity contribution in [2.75, 3.05) is 13.6 Å². The van der Waals surface area contributed by atoms with Crippen molar-refractivity contribution in [2.24, 2.45) is 11.8 Å². The number of carbonyl (C=O) groups excluding carboxylic acids is 1. The second kappa shape index (κ2) is 8.95. The Morgan fingerprint density at radius 3 is 2.22 bits per heavy atom. The first-order valence-electron chi connectivity index (χ1n) is 6.81. The number of hydrogen-bond donors (Lipinski definition) is 1. The molecular formula is C14H27NO3. The third-order valence-electron chi connectivity index (χ3n) is 3.15. The molecule has 0 bridgehead atoms. The molecule has 0 aliphatic rings. The van der Waals surface area contributed by atoms with E-state index in [2.05, 4.69) is 13.8 Å². The molecule has 1 unspecified atom stereocenters. The van der Waals surface area contributed by atoms with Crippen LogP contribution in [0.5, 0.6) is 0 Å². The summed E-state index contributed by atoms with van der Waals surface area (Å²) >= 11 is 0. The van der Waals surface area contributed by atoms with Gasteiger partial charge in [-0.1, -0.05) is 20.8 Å². The van der Waals surface area contributed by atoms with E-state index in [-0.39, 0.29) is 11.8 Å². The van der Waals surface area contributed by atoms with Gasteiger partial charge in [-0.2, -0.15) is 0 Å². The van der Waals surface area contributed by atoms with Crippen LogP contribution in [0.2, 0.25) is 0 Å². The highest BCUT2D eigenvalue weighted by Gasteiger charge is 2.13. The maximum absolute atomic E-state index is 11.7. The summed E-state index contributed by atoms with van der Waals surface area (Å²) in [6, 6.07) is 0. The van der Waals surface area contributed by atoms with E-state index < -0.39 is 5.97 Å². The zero-order valence-electron chi connectivity index (χ0n) is 12.1. The molecule has 1 atom stereocenters. The normalized spacial score (nSPS) is 12.5. The lowest BCUT2D eigenvalue weighted by Gasteiger charge is -2.18. The summed E-state index contributed by atoms with van der Waals surface area (Å²) in [6.07, 6.45) is 3.84. The van der Waals surface area contributed by atoms with Crippen LogP contribution in [0.15, 0.2) is 0 Å². The van der Waals surface area contributed by atoms with Crippen LogP contribution in [-0.4, -0.2) is 35.5 Å². The van der Waals surface area contributed by atoms with Crippen molar-refractivity contribution >= 4 is 11.9 Å². The van der Waals surface area contributed by atoms with Crippen LogP contribution in [0.3, 0.4) is 0 Å². The van der Waals surface area contributed by atoms with E-state index in [4.69, 9.17) is 5.11 Å². The van der Waals surface area contributed by atoms with Gasteiger partial charge in [0.25, 0.3) is 0 Å². The molecule has 0 aliphatic heterocycles. The molecular weight excluding hydrogens is 230 g/mol. The number of carbonyl (C=O) groups is 2. The Morgan fingerprint density at radius 2 is 1.72 bits per heavy atom. The third-order valence-corrected chi connectivity index (χ3v) is 3.15. The van der Waals surface area contributed by atoms with Gasteiger partial charge in [-0.25, -0.2) is 0 Å². The number of carboxylic acids is 1.